The molecular formula is C15H25BrO2. The first-order chi connectivity index (χ1) is 8.60. The fourth-order valence-corrected chi connectivity index (χ4v) is 2.92. The van der Waals surface area contributed by atoms with Gasteiger partial charge in [0.05, 0.1) is 12.7 Å². The van der Waals surface area contributed by atoms with E-state index in [1.165, 1.54) is 15.6 Å². The van der Waals surface area contributed by atoms with Gasteiger partial charge < -0.3 is 9.47 Å². The Bertz CT molecular complexity index is 318. The molecule has 2 nitrogen and oxygen atoms in total. The molecule has 0 spiro atoms. The van der Waals surface area contributed by atoms with Gasteiger partial charge in [0.2, 0.25) is 0 Å². The van der Waals surface area contributed by atoms with E-state index in [2.05, 4.69) is 42.8 Å². The fourth-order valence-electron chi connectivity index (χ4n) is 2.29. The molecule has 0 radical (unpaired) electrons. The second-order valence-electron chi connectivity index (χ2n) is 5.15. The van der Waals surface area contributed by atoms with Gasteiger partial charge in [0, 0.05) is 18.2 Å². The average molecular weight is 317 g/mol. The highest BCUT2D eigenvalue weighted by atomic mass is 79.9. The van der Waals surface area contributed by atoms with Crippen molar-refractivity contribution < 1.29 is 9.47 Å². The van der Waals surface area contributed by atoms with E-state index in [0.29, 0.717) is 5.92 Å². The molecule has 1 aliphatic heterocycles. The molecule has 1 saturated heterocycles. The van der Waals surface area contributed by atoms with Crippen LogP contribution in [-0.4, -0.2) is 26.4 Å². The largest absolute Gasteiger partial charge is 0.385 e. The maximum atomic E-state index is 5.92. The molecule has 0 aromatic rings. The third-order valence-corrected chi connectivity index (χ3v) is 4.07. The Morgan fingerprint density at radius 2 is 2.28 bits per heavy atom. The molecule has 1 atom stereocenters. The summed E-state index contributed by atoms with van der Waals surface area (Å²) in [5.41, 5.74) is 2.72. The van der Waals surface area contributed by atoms with E-state index in [9.17, 15) is 0 Å². The number of allylic oxidation sites excluding steroid dienone is 2. The Kier molecular flexibility index (Phi) is 7.20. The summed E-state index contributed by atoms with van der Waals surface area (Å²) in [5, 5.41) is 0. The minimum atomic E-state index is 0.278. The molecule has 18 heavy (non-hydrogen) atoms. The molecule has 1 aliphatic rings. The van der Waals surface area contributed by atoms with Crippen LogP contribution in [0.3, 0.4) is 0 Å². The van der Waals surface area contributed by atoms with Crippen molar-refractivity contribution in [3.63, 3.8) is 0 Å². The molecule has 1 rings (SSSR count). The molecule has 0 aromatic carbocycles. The van der Waals surface area contributed by atoms with Gasteiger partial charge in [-0.1, -0.05) is 35.9 Å². The van der Waals surface area contributed by atoms with Gasteiger partial charge in [-0.05, 0) is 43.3 Å². The lowest BCUT2D eigenvalue weighted by molar-refractivity contribution is 0.112. The van der Waals surface area contributed by atoms with Gasteiger partial charge in [0.25, 0.3) is 0 Å². The minimum absolute atomic E-state index is 0.278. The van der Waals surface area contributed by atoms with Crippen LogP contribution in [0.2, 0.25) is 0 Å². The van der Waals surface area contributed by atoms with E-state index in [1.807, 2.05) is 0 Å². The number of hydrogen-bond acceptors (Lipinski definition) is 2. The highest BCUT2D eigenvalue weighted by Gasteiger charge is 2.27. The number of methoxy groups -OCH3 is 1. The summed E-state index contributed by atoms with van der Waals surface area (Å²) in [5.74, 6) is 0.663. The highest BCUT2D eigenvalue weighted by molar-refractivity contribution is 9.11. The number of hydrogen-bond donors (Lipinski definition) is 0. The number of rotatable bonds is 6. The van der Waals surface area contributed by atoms with Crippen LogP contribution in [0, 0.1) is 5.92 Å². The first kappa shape index (κ1) is 15.9. The van der Waals surface area contributed by atoms with Gasteiger partial charge in [-0.25, -0.2) is 0 Å². The maximum absolute atomic E-state index is 5.92. The number of ether oxygens (including phenoxy) is 2. The van der Waals surface area contributed by atoms with Crippen molar-refractivity contribution in [2.75, 3.05) is 20.3 Å². The Hall–Kier alpha value is -0.120. The molecule has 1 fully saturated rings. The Morgan fingerprint density at radius 3 is 2.83 bits per heavy atom. The lowest BCUT2D eigenvalue weighted by Crippen LogP contribution is -2.11. The van der Waals surface area contributed by atoms with Crippen LogP contribution >= 0.6 is 15.9 Å². The fraction of sp³-hybridized carbons (Fsp3) is 0.733. The SMILES string of the molecule is C/C=C1/C(=C(/Br)CCCOC)COC1CC(C)C. The smallest absolute Gasteiger partial charge is 0.0832 e. The van der Waals surface area contributed by atoms with Crippen LogP contribution < -0.4 is 0 Å². The molecule has 104 valence electrons. The maximum Gasteiger partial charge on any atom is 0.0832 e. The van der Waals surface area contributed by atoms with Crippen molar-refractivity contribution in [2.45, 2.75) is 46.1 Å². The summed E-state index contributed by atoms with van der Waals surface area (Å²) < 4.78 is 12.3. The van der Waals surface area contributed by atoms with E-state index >= 15 is 0 Å². The van der Waals surface area contributed by atoms with E-state index in [1.54, 1.807) is 7.11 Å². The summed E-state index contributed by atoms with van der Waals surface area (Å²) in [7, 11) is 1.75. The summed E-state index contributed by atoms with van der Waals surface area (Å²) in [6, 6.07) is 0. The second-order valence-corrected chi connectivity index (χ2v) is 6.11. The van der Waals surface area contributed by atoms with Gasteiger partial charge in [0.1, 0.15) is 0 Å². The summed E-state index contributed by atoms with van der Waals surface area (Å²) in [6.07, 6.45) is 5.65. The predicted octanol–water partition coefficient (Wildman–Crippen LogP) is 4.45. The molecular weight excluding hydrogens is 292 g/mol. The molecule has 1 heterocycles. The third kappa shape index (κ3) is 4.52. The molecule has 0 N–H and O–H groups in total. The van der Waals surface area contributed by atoms with Crippen molar-refractivity contribution in [3.8, 4) is 0 Å². The topological polar surface area (TPSA) is 18.5 Å². The lowest BCUT2D eigenvalue weighted by Gasteiger charge is -2.14. The molecule has 0 saturated carbocycles. The van der Waals surface area contributed by atoms with Gasteiger partial charge in [-0.15, -0.1) is 0 Å². The number of halogens is 1. The summed E-state index contributed by atoms with van der Waals surface area (Å²) in [4.78, 5) is 0. The zero-order valence-electron chi connectivity index (χ0n) is 12.0. The zero-order valence-corrected chi connectivity index (χ0v) is 13.5. The average Bonchev–Trinajstić information content (AvgIpc) is 2.71. The predicted molar refractivity (Wildman–Crippen MR) is 80.0 cm³/mol. The standard InChI is InChI=1S/C15H25BrO2/c1-5-12-13(14(16)7-6-8-17-4)10-18-15(12)9-11(2)3/h5,11,15H,6-10H2,1-4H3/b12-5-,14-13+. The van der Waals surface area contributed by atoms with Gasteiger partial charge >= 0.3 is 0 Å². The van der Waals surface area contributed by atoms with Gasteiger partial charge in [0.15, 0.2) is 0 Å². The van der Waals surface area contributed by atoms with Gasteiger partial charge in [-0.3, -0.25) is 0 Å². The minimum Gasteiger partial charge on any atom is -0.385 e. The molecule has 0 bridgehead atoms. The van der Waals surface area contributed by atoms with E-state index < -0.39 is 0 Å². The van der Waals surface area contributed by atoms with Crippen LogP contribution in [0.5, 0.6) is 0 Å². The van der Waals surface area contributed by atoms with E-state index in [-0.39, 0.29) is 6.10 Å². The van der Waals surface area contributed by atoms with Crippen LogP contribution in [0.4, 0.5) is 0 Å². The van der Waals surface area contributed by atoms with Crippen molar-refractivity contribution >= 4 is 15.9 Å². The lowest BCUT2D eigenvalue weighted by atomic mass is 9.96. The first-order valence-corrected chi connectivity index (χ1v) is 7.54. The van der Waals surface area contributed by atoms with E-state index in [0.717, 1.165) is 32.5 Å². The van der Waals surface area contributed by atoms with Crippen LogP contribution in [0.1, 0.15) is 40.0 Å². The molecule has 3 heteroatoms. The van der Waals surface area contributed by atoms with Crippen molar-refractivity contribution in [1.82, 2.24) is 0 Å². The molecule has 0 aliphatic carbocycles. The van der Waals surface area contributed by atoms with Crippen molar-refractivity contribution in [3.05, 3.63) is 21.7 Å². The van der Waals surface area contributed by atoms with Crippen LogP contribution in [0.15, 0.2) is 21.7 Å². The Labute approximate surface area is 120 Å². The van der Waals surface area contributed by atoms with E-state index in [4.69, 9.17) is 9.47 Å². The Morgan fingerprint density at radius 1 is 1.56 bits per heavy atom. The van der Waals surface area contributed by atoms with Crippen LogP contribution in [0.25, 0.3) is 0 Å². The van der Waals surface area contributed by atoms with Crippen molar-refractivity contribution in [2.24, 2.45) is 5.92 Å². The van der Waals surface area contributed by atoms with Crippen molar-refractivity contribution in [1.29, 1.82) is 0 Å². The summed E-state index contributed by atoms with van der Waals surface area (Å²) in [6.45, 7) is 8.14. The second kappa shape index (κ2) is 8.13. The highest BCUT2D eigenvalue weighted by Crippen LogP contribution is 2.35. The molecule has 0 amide bonds. The first-order valence-electron chi connectivity index (χ1n) is 6.74. The summed E-state index contributed by atoms with van der Waals surface area (Å²) >= 11 is 3.71. The Balaban J connectivity index is 2.69. The third-order valence-electron chi connectivity index (χ3n) is 3.19. The quantitative estimate of drug-likeness (QED) is 0.674. The molecule has 0 aromatic heterocycles. The normalized spacial score (nSPS) is 25.2. The van der Waals surface area contributed by atoms with Gasteiger partial charge in [-0.2, -0.15) is 0 Å². The monoisotopic (exact) mass is 316 g/mol. The zero-order chi connectivity index (χ0) is 13.5. The van der Waals surface area contributed by atoms with Crippen LogP contribution in [-0.2, 0) is 9.47 Å². The molecule has 1 unspecified atom stereocenters.